The maximum absolute atomic E-state index is 12.2. The van der Waals surface area contributed by atoms with Crippen LogP contribution in [0.1, 0.15) is 33.6 Å². The fourth-order valence-electron chi connectivity index (χ4n) is 2.84. The summed E-state index contributed by atoms with van der Waals surface area (Å²) in [6.07, 6.45) is 1.38. The van der Waals surface area contributed by atoms with E-state index in [2.05, 4.69) is 0 Å². The van der Waals surface area contributed by atoms with Gasteiger partial charge in [0, 0.05) is 24.2 Å². The fraction of sp³-hybridized carbons (Fsp3) is 0.250. The average Bonchev–Trinajstić information content (AvgIpc) is 3.11. The van der Waals surface area contributed by atoms with Gasteiger partial charge < -0.3 is 14.4 Å². The monoisotopic (exact) mass is 387 g/mol. The number of ether oxygens (including phenoxy) is 2. The van der Waals surface area contributed by atoms with Crippen molar-refractivity contribution in [3.63, 3.8) is 0 Å². The minimum absolute atomic E-state index is 0.0778. The molecule has 0 N–H and O–H groups in total. The van der Waals surface area contributed by atoms with Crippen molar-refractivity contribution in [2.45, 2.75) is 12.8 Å². The Morgan fingerprint density at radius 1 is 1.11 bits per heavy atom. The second-order valence-electron chi connectivity index (χ2n) is 6.04. The highest BCUT2D eigenvalue weighted by molar-refractivity contribution is 6.32. The number of anilines is 1. The number of carbonyl (C=O) groups excluding carboxylic acids is 3. The zero-order valence-corrected chi connectivity index (χ0v) is 15.5. The zero-order chi connectivity index (χ0) is 19.4. The van der Waals surface area contributed by atoms with Crippen LogP contribution in [-0.2, 0) is 9.53 Å². The predicted molar refractivity (Wildman–Crippen MR) is 101 cm³/mol. The molecule has 0 aromatic heterocycles. The normalized spacial score (nSPS) is 13.6. The maximum atomic E-state index is 12.2. The Morgan fingerprint density at radius 3 is 2.41 bits per heavy atom. The first-order valence-corrected chi connectivity index (χ1v) is 8.81. The second-order valence-corrected chi connectivity index (χ2v) is 6.45. The molecule has 1 fully saturated rings. The third-order valence-corrected chi connectivity index (χ3v) is 4.59. The first-order valence-electron chi connectivity index (χ1n) is 8.44. The van der Waals surface area contributed by atoms with E-state index in [1.54, 1.807) is 41.3 Å². The first-order chi connectivity index (χ1) is 13.0. The van der Waals surface area contributed by atoms with Crippen molar-refractivity contribution < 1.29 is 23.9 Å². The van der Waals surface area contributed by atoms with Crippen LogP contribution in [0.2, 0.25) is 5.02 Å². The second kappa shape index (κ2) is 8.22. The van der Waals surface area contributed by atoms with E-state index in [0.717, 1.165) is 12.1 Å². The van der Waals surface area contributed by atoms with Crippen molar-refractivity contribution in [3.05, 3.63) is 58.6 Å². The van der Waals surface area contributed by atoms with Crippen molar-refractivity contribution in [2.24, 2.45) is 0 Å². The summed E-state index contributed by atoms with van der Waals surface area (Å²) in [6, 6.07) is 11.2. The molecule has 140 valence electrons. The van der Waals surface area contributed by atoms with E-state index in [1.165, 1.54) is 13.2 Å². The van der Waals surface area contributed by atoms with Crippen LogP contribution in [0.4, 0.5) is 5.69 Å². The van der Waals surface area contributed by atoms with E-state index in [9.17, 15) is 14.4 Å². The Kier molecular flexibility index (Phi) is 5.76. The van der Waals surface area contributed by atoms with Crippen LogP contribution >= 0.6 is 11.6 Å². The quantitative estimate of drug-likeness (QED) is 0.560. The molecule has 2 aromatic carbocycles. The summed E-state index contributed by atoms with van der Waals surface area (Å²) in [5.74, 6) is -0.440. The summed E-state index contributed by atoms with van der Waals surface area (Å²) < 4.78 is 10.1. The molecule has 2 aromatic rings. The minimum atomic E-state index is -0.609. The summed E-state index contributed by atoms with van der Waals surface area (Å²) in [5.41, 5.74) is 1.39. The lowest BCUT2D eigenvalue weighted by molar-refractivity contribution is -0.117. The van der Waals surface area contributed by atoms with Crippen molar-refractivity contribution >= 4 is 34.9 Å². The number of esters is 1. The number of carbonyl (C=O) groups is 3. The van der Waals surface area contributed by atoms with Crippen LogP contribution in [0.15, 0.2) is 42.5 Å². The average molecular weight is 388 g/mol. The van der Waals surface area contributed by atoms with Crippen LogP contribution in [0, 0.1) is 0 Å². The Bertz CT molecular complexity index is 878. The number of benzene rings is 2. The van der Waals surface area contributed by atoms with Gasteiger partial charge in [-0.15, -0.1) is 0 Å². The van der Waals surface area contributed by atoms with Crippen LogP contribution in [0.5, 0.6) is 5.75 Å². The lowest BCUT2D eigenvalue weighted by Crippen LogP contribution is -2.23. The number of amides is 1. The molecule has 1 aliphatic heterocycles. The molecule has 0 saturated carbocycles. The number of hydrogen-bond donors (Lipinski definition) is 0. The summed E-state index contributed by atoms with van der Waals surface area (Å²) in [6.45, 7) is 0.287. The maximum Gasteiger partial charge on any atom is 0.338 e. The molecule has 0 atom stereocenters. The molecule has 0 unspecified atom stereocenters. The lowest BCUT2D eigenvalue weighted by atomic mass is 10.1. The topological polar surface area (TPSA) is 72.9 Å². The van der Waals surface area contributed by atoms with E-state index < -0.39 is 12.6 Å². The van der Waals surface area contributed by atoms with Crippen molar-refractivity contribution in [1.29, 1.82) is 0 Å². The predicted octanol–water partition coefficient (Wildman–Crippen LogP) is 3.52. The Balaban J connectivity index is 1.59. The summed E-state index contributed by atoms with van der Waals surface area (Å²) in [5, 5.41) is 0.307. The molecule has 6 nitrogen and oxygen atoms in total. The molecular weight excluding hydrogens is 370 g/mol. The molecule has 3 rings (SSSR count). The number of nitrogens with zero attached hydrogens (tertiary/aromatic N) is 1. The SMILES string of the molecule is COc1ccc(C(=O)COC(=O)c2ccc(N3CCCC3=O)cc2)cc1Cl. The van der Waals surface area contributed by atoms with Gasteiger partial charge in [0.2, 0.25) is 5.91 Å². The third kappa shape index (κ3) is 4.28. The Labute approximate surface area is 161 Å². The van der Waals surface area contributed by atoms with E-state index in [4.69, 9.17) is 21.1 Å². The van der Waals surface area contributed by atoms with Gasteiger partial charge in [0.25, 0.3) is 0 Å². The largest absolute Gasteiger partial charge is 0.495 e. The van der Waals surface area contributed by atoms with E-state index in [1.807, 2.05) is 0 Å². The minimum Gasteiger partial charge on any atom is -0.495 e. The van der Waals surface area contributed by atoms with E-state index in [-0.39, 0.29) is 11.7 Å². The highest BCUT2D eigenvalue weighted by atomic mass is 35.5. The molecule has 1 amide bonds. The van der Waals surface area contributed by atoms with Gasteiger partial charge in [-0.3, -0.25) is 9.59 Å². The molecule has 0 radical (unpaired) electrons. The van der Waals surface area contributed by atoms with E-state index >= 15 is 0 Å². The third-order valence-electron chi connectivity index (χ3n) is 4.30. The summed E-state index contributed by atoms with van der Waals surface area (Å²) in [7, 11) is 1.48. The molecular formula is C20H18ClNO5. The van der Waals surface area contributed by atoms with Crippen molar-refractivity contribution in [2.75, 3.05) is 25.2 Å². The molecule has 1 aliphatic rings. The van der Waals surface area contributed by atoms with Gasteiger partial charge in [0.1, 0.15) is 5.75 Å². The van der Waals surface area contributed by atoms with Gasteiger partial charge in [-0.05, 0) is 48.9 Å². The standard InChI is InChI=1S/C20H18ClNO5/c1-26-18-9-6-14(11-16(18)21)17(23)12-27-20(25)13-4-7-15(8-5-13)22-10-2-3-19(22)24/h4-9,11H,2-3,10,12H2,1H3. The van der Waals surface area contributed by atoms with Crippen molar-refractivity contribution in [1.82, 2.24) is 0 Å². The molecule has 27 heavy (non-hydrogen) atoms. The molecule has 0 aliphatic carbocycles. The Morgan fingerprint density at radius 2 is 1.81 bits per heavy atom. The van der Waals surface area contributed by atoms with E-state index in [0.29, 0.717) is 34.9 Å². The molecule has 1 saturated heterocycles. The van der Waals surface area contributed by atoms with Gasteiger partial charge in [0.15, 0.2) is 12.4 Å². The number of methoxy groups -OCH3 is 1. The lowest BCUT2D eigenvalue weighted by Gasteiger charge is -2.15. The fourth-order valence-corrected chi connectivity index (χ4v) is 3.09. The van der Waals surface area contributed by atoms with Gasteiger partial charge in [-0.25, -0.2) is 4.79 Å². The van der Waals surface area contributed by atoms with Crippen molar-refractivity contribution in [3.8, 4) is 5.75 Å². The zero-order valence-electron chi connectivity index (χ0n) is 14.7. The molecule has 0 bridgehead atoms. The first kappa shape index (κ1) is 18.9. The smallest absolute Gasteiger partial charge is 0.338 e. The number of ketones is 1. The van der Waals surface area contributed by atoms with Gasteiger partial charge in [0.05, 0.1) is 17.7 Å². The van der Waals surface area contributed by atoms with Crippen LogP contribution in [0.25, 0.3) is 0 Å². The number of halogens is 1. The number of hydrogen-bond acceptors (Lipinski definition) is 5. The van der Waals surface area contributed by atoms with Crippen LogP contribution in [0.3, 0.4) is 0 Å². The Hall–Kier alpha value is -2.86. The van der Waals surface area contributed by atoms with Gasteiger partial charge in [-0.1, -0.05) is 11.6 Å². The van der Waals surface area contributed by atoms with Crippen LogP contribution < -0.4 is 9.64 Å². The molecule has 1 heterocycles. The molecule has 7 heteroatoms. The summed E-state index contributed by atoms with van der Waals surface area (Å²) >= 11 is 6.00. The number of Topliss-reactive ketones (excluding diaryl/α,β-unsaturated/α-hetero) is 1. The van der Waals surface area contributed by atoms with Crippen LogP contribution in [-0.4, -0.2) is 37.9 Å². The highest BCUT2D eigenvalue weighted by Gasteiger charge is 2.22. The highest BCUT2D eigenvalue weighted by Crippen LogP contribution is 2.25. The number of rotatable bonds is 6. The van der Waals surface area contributed by atoms with Gasteiger partial charge >= 0.3 is 5.97 Å². The molecule has 0 spiro atoms. The van der Waals surface area contributed by atoms with Gasteiger partial charge in [-0.2, -0.15) is 0 Å². The summed E-state index contributed by atoms with van der Waals surface area (Å²) in [4.78, 5) is 37.8.